The van der Waals surface area contributed by atoms with Gasteiger partial charge in [0.05, 0.1) is 25.3 Å². The molecule has 0 radical (unpaired) electrons. The lowest BCUT2D eigenvalue weighted by atomic mass is 10.0. The van der Waals surface area contributed by atoms with Crippen LogP contribution in [0.5, 0.6) is 0 Å². The van der Waals surface area contributed by atoms with E-state index in [2.05, 4.69) is 21.9 Å². The number of imidazole rings is 1. The number of nitrogen functional groups attached to an aromatic ring is 1. The van der Waals surface area contributed by atoms with E-state index in [-0.39, 0.29) is 6.10 Å². The van der Waals surface area contributed by atoms with Crippen LogP contribution in [0, 0.1) is 0 Å². The standard InChI is InChI=1S/C27H50N5O2PS2/c1-3-4-5-6-7-8-9-10-11-12-13-14-15-16-18-36-37-19-17-35(33)23-34-24(2)20-32-22-31-25-26(28)29-21-30-27(25)32/h21-22,24,35H,3-20,23H2,1-2H3,(H2,28,29,30)/t24-/m1/s1. The Morgan fingerprint density at radius 1 is 0.892 bits per heavy atom. The van der Waals surface area contributed by atoms with Crippen LogP contribution < -0.4 is 5.73 Å². The Labute approximate surface area is 233 Å². The first kappa shape index (κ1) is 32.5. The number of aromatic nitrogens is 4. The van der Waals surface area contributed by atoms with Crippen molar-refractivity contribution in [1.82, 2.24) is 19.5 Å². The van der Waals surface area contributed by atoms with Crippen LogP contribution in [0.3, 0.4) is 0 Å². The lowest BCUT2D eigenvalue weighted by Gasteiger charge is -2.14. The van der Waals surface area contributed by atoms with Crippen LogP contribution in [0.15, 0.2) is 12.7 Å². The van der Waals surface area contributed by atoms with Crippen molar-refractivity contribution < 1.29 is 9.30 Å². The summed E-state index contributed by atoms with van der Waals surface area (Å²) in [6.45, 7) is 4.85. The van der Waals surface area contributed by atoms with Gasteiger partial charge in [-0.1, -0.05) is 112 Å². The van der Waals surface area contributed by atoms with Crippen LogP contribution >= 0.6 is 29.4 Å². The van der Waals surface area contributed by atoms with Gasteiger partial charge in [-0.25, -0.2) is 15.0 Å². The van der Waals surface area contributed by atoms with Crippen molar-refractivity contribution in [3.63, 3.8) is 0 Å². The molecule has 1 unspecified atom stereocenters. The first-order valence-electron chi connectivity index (χ1n) is 14.4. The Bertz CT molecular complexity index is 870. The molecule has 212 valence electrons. The molecule has 2 rings (SSSR count). The molecule has 2 aromatic rings. The Hall–Kier alpha value is -0.760. The lowest BCUT2D eigenvalue weighted by molar-refractivity contribution is 0.0881. The van der Waals surface area contributed by atoms with Crippen LogP contribution in [0.2, 0.25) is 0 Å². The van der Waals surface area contributed by atoms with Crippen molar-refractivity contribution in [2.45, 2.75) is 116 Å². The third-order valence-electron chi connectivity index (χ3n) is 6.54. The number of hydrogen-bond donors (Lipinski definition) is 1. The van der Waals surface area contributed by atoms with Gasteiger partial charge in [0, 0.05) is 17.7 Å². The van der Waals surface area contributed by atoms with Gasteiger partial charge in [0.15, 0.2) is 11.5 Å². The summed E-state index contributed by atoms with van der Waals surface area (Å²) in [6, 6.07) is 0. The zero-order valence-electron chi connectivity index (χ0n) is 23.2. The highest BCUT2D eigenvalue weighted by Gasteiger charge is 2.12. The predicted molar refractivity (Wildman–Crippen MR) is 164 cm³/mol. The molecule has 2 aromatic heterocycles. The maximum atomic E-state index is 12.4. The second kappa shape index (κ2) is 21.1. The predicted octanol–water partition coefficient (Wildman–Crippen LogP) is 8.19. The van der Waals surface area contributed by atoms with Crippen LogP contribution in [0.1, 0.15) is 104 Å². The second-order valence-electron chi connectivity index (χ2n) is 9.98. The van der Waals surface area contributed by atoms with E-state index < -0.39 is 7.80 Å². The molecule has 37 heavy (non-hydrogen) atoms. The molecule has 0 aliphatic rings. The summed E-state index contributed by atoms with van der Waals surface area (Å²) in [4.78, 5) is 12.5. The van der Waals surface area contributed by atoms with Gasteiger partial charge >= 0.3 is 0 Å². The monoisotopic (exact) mass is 571 g/mol. The number of hydrogen-bond acceptors (Lipinski definition) is 8. The number of fused-ring (bicyclic) bond motifs is 1. The second-order valence-corrected chi connectivity index (χ2v) is 14.5. The zero-order valence-corrected chi connectivity index (χ0v) is 25.8. The number of nitrogens with zero attached hydrogens (tertiary/aromatic N) is 4. The minimum absolute atomic E-state index is 0.0788. The fourth-order valence-electron chi connectivity index (χ4n) is 4.30. The Morgan fingerprint density at radius 3 is 2.14 bits per heavy atom. The molecule has 0 aliphatic carbocycles. The summed E-state index contributed by atoms with van der Waals surface area (Å²) in [5.74, 6) is 2.51. The van der Waals surface area contributed by atoms with Gasteiger partial charge in [0.25, 0.3) is 0 Å². The van der Waals surface area contributed by atoms with Gasteiger partial charge in [-0.15, -0.1) is 0 Å². The lowest BCUT2D eigenvalue weighted by Crippen LogP contribution is -2.16. The van der Waals surface area contributed by atoms with E-state index in [1.807, 2.05) is 33.1 Å². The minimum Gasteiger partial charge on any atom is -0.382 e. The molecule has 0 saturated carbocycles. The van der Waals surface area contributed by atoms with E-state index in [4.69, 9.17) is 10.5 Å². The molecule has 0 fully saturated rings. The van der Waals surface area contributed by atoms with Gasteiger partial charge in [-0.05, 0) is 13.3 Å². The minimum atomic E-state index is -1.71. The highest BCUT2D eigenvalue weighted by molar-refractivity contribution is 8.76. The number of rotatable bonds is 24. The fourth-order valence-corrected chi connectivity index (χ4v) is 8.53. The summed E-state index contributed by atoms with van der Waals surface area (Å²) in [5.41, 5.74) is 7.14. The Morgan fingerprint density at radius 2 is 1.49 bits per heavy atom. The molecule has 0 saturated heterocycles. The fraction of sp³-hybridized carbons (Fsp3) is 0.815. The van der Waals surface area contributed by atoms with Crippen molar-refractivity contribution in [3.8, 4) is 0 Å². The molecule has 2 N–H and O–H groups in total. The molecular formula is C27H50N5O2PS2. The number of ether oxygens (including phenoxy) is 1. The van der Waals surface area contributed by atoms with Crippen molar-refractivity contribution in [2.24, 2.45) is 0 Å². The summed E-state index contributed by atoms with van der Waals surface area (Å²) in [6.07, 6.45) is 23.8. The molecule has 0 aliphatic heterocycles. The van der Waals surface area contributed by atoms with E-state index in [1.165, 1.54) is 102 Å². The number of unbranched alkanes of at least 4 members (excludes halogenated alkanes) is 13. The van der Waals surface area contributed by atoms with Gasteiger partial charge < -0.3 is 19.6 Å². The van der Waals surface area contributed by atoms with Crippen molar-refractivity contribution in [3.05, 3.63) is 12.7 Å². The van der Waals surface area contributed by atoms with Crippen LogP contribution in [0.4, 0.5) is 5.82 Å². The molecule has 10 heteroatoms. The average Bonchev–Trinajstić information content (AvgIpc) is 3.30. The first-order chi connectivity index (χ1) is 18.1. The van der Waals surface area contributed by atoms with Gasteiger partial charge in [-0.3, -0.25) is 0 Å². The van der Waals surface area contributed by atoms with Crippen LogP contribution in [-0.2, 0) is 15.8 Å². The van der Waals surface area contributed by atoms with E-state index in [1.54, 1.807) is 6.33 Å². The summed E-state index contributed by atoms with van der Waals surface area (Å²) in [5, 5.41) is 0. The number of nitrogens with two attached hydrogens (primary N) is 1. The van der Waals surface area contributed by atoms with Crippen molar-refractivity contribution in [2.75, 3.05) is 29.7 Å². The van der Waals surface area contributed by atoms with Gasteiger partial charge in [0.2, 0.25) is 0 Å². The highest BCUT2D eigenvalue weighted by Crippen LogP contribution is 2.29. The molecule has 2 atom stereocenters. The maximum Gasteiger partial charge on any atom is 0.165 e. The molecule has 0 bridgehead atoms. The quantitative estimate of drug-likeness (QED) is 0.0765. The zero-order chi connectivity index (χ0) is 26.6. The third kappa shape index (κ3) is 14.8. The maximum absolute atomic E-state index is 12.4. The molecular weight excluding hydrogens is 521 g/mol. The molecule has 7 nitrogen and oxygen atoms in total. The Balaban J connectivity index is 1.35. The normalized spacial score (nSPS) is 13.4. The molecule has 0 spiro atoms. The topological polar surface area (TPSA) is 95.9 Å². The largest absolute Gasteiger partial charge is 0.382 e. The summed E-state index contributed by atoms with van der Waals surface area (Å²) >= 11 is 0. The Kier molecular flexibility index (Phi) is 18.5. The smallest absolute Gasteiger partial charge is 0.165 e. The first-order valence-corrected chi connectivity index (χ1v) is 18.7. The summed E-state index contributed by atoms with van der Waals surface area (Å²) < 4.78 is 20.1. The SMILES string of the molecule is CCCCCCCCCCCCCCCCSSCC[PH](=O)CO[C@H](C)Cn1cnc2c(N)ncnc21. The molecule has 0 amide bonds. The van der Waals surface area contributed by atoms with Gasteiger partial charge in [0.1, 0.15) is 19.6 Å². The molecule has 2 heterocycles. The number of anilines is 1. The van der Waals surface area contributed by atoms with E-state index in [0.717, 1.165) is 11.9 Å². The van der Waals surface area contributed by atoms with E-state index >= 15 is 0 Å². The van der Waals surface area contributed by atoms with Crippen molar-refractivity contribution in [1.29, 1.82) is 0 Å². The van der Waals surface area contributed by atoms with Crippen molar-refractivity contribution >= 4 is 46.4 Å². The molecule has 0 aromatic carbocycles. The van der Waals surface area contributed by atoms with Crippen LogP contribution in [-0.4, -0.2) is 49.6 Å². The van der Waals surface area contributed by atoms with Gasteiger partial charge in [-0.2, -0.15) is 0 Å². The van der Waals surface area contributed by atoms with E-state index in [9.17, 15) is 4.57 Å². The summed E-state index contributed by atoms with van der Waals surface area (Å²) in [7, 11) is 2.08. The van der Waals surface area contributed by atoms with Crippen LogP contribution in [0.25, 0.3) is 11.2 Å². The van der Waals surface area contributed by atoms with E-state index in [0.29, 0.717) is 29.9 Å². The highest BCUT2D eigenvalue weighted by atomic mass is 33.1. The average molecular weight is 572 g/mol. The third-order valence-corrected chi connectivity index (χ3v) is 10.7.